The molecule has 0 unspecified atom stereocenters. The first-order valence-corrected chi connectivity index (χ1v) is 17.9. The van der Waals surface area contributed by atoms with Crippen molar-refractivity contribution in [3.05, 3.63) is 93.7 Å². The van der Waals surface area contributed by atoms with Crippen LogP contribution in [0.25, 0.3) is 0 Å². The number of rotatable bonds is 13. The van der Waals surface area contributed by atoms with Crippen LogP contribution in [0.5, 0.6) is 0 Å². The van der Waals surface area contributed by atoms with E-state index in [4.69, 9.17) is 15.2 Å². The number of carbonyl (C=O) groups excluding carboxylic acids is 4. The summed E-state index contributed by atoms with van der Waals surface area (Å²) in [5.74, 6) is -1.34. The molecule has 1 saturated heterocycles. The van der Waals surface area contributed by atoms with Crippen molar-refractivity contribution in [2.75, 3.05) is 19.7 Å². The average molecular weight is 688 g/mol. The lowest BCUT2D eigenvalue weighted by Crippen LogP contribution is -2.55. The van der Waals surface area contributed by atoms with Gasteiger partial charge in [-0.25, -0.2) is 4.79 Å². The molecule has 49 heavy (non-hydrogen) atoms. The molecule has 0 bridgehead atoms. The SMILES string of the molecule is CCOC(=O)CN[C@@H](C(=O)N1CCC[C@H]1C(=O)NCc1ccc(/C(N)=N/C(=O)OC2CCCCC2)s1)C(c1ccccc1)c1ccccc1. The van der Waals surface area contributed by atoms with Crippen molar-refractivity contribution in [3.63, 3.8) is 0 Å². The van der Waals surface area contributed by atoms with Gasteiger partial charge < -0.3 is 25.4 Å². The quantitative estimate of drug-likeness (QED) is 0.131. The van der Waals surface area contributed by atoms with E-state index >= 15 is 0 Å². The number of hydrogen-bond donors (Lipinski definition) is 3. The number of thiophene rings is 1. The average Bonchev–Trinajstić information content (AvgIpc) is 3.81. The zero-order valence-electron chi connectivity index (χ0n) is 27.8. The standard InChI is InChI=1S/C37H45N5O6S/c1-2-47-31(43)24-39-33(32(25-13-6-3-7-14-25)26-15-8-4-9-16-26)36(45)42-22-12-19-29(42)35(44)40-23-28-20-21-30(49-28)34(38)41-37(46)48-27-17-10-5-11-18-27/h3-4,6-9,13-16,20-21,27,29,32-33,39H,2,5,10-12,17-19,22-24H2,1H3,(H,40,44)(H2,38,41,46)/t29-,33+/m0/s1. The van der Waals surface area contributed by atoms with Crippen LogP contribution in [-0.4, -0.2) is 72.5 Å². The van der Waals surface area contributed by atoms with Gasteiger partial charge in [0.05, 0.1) is 30.6 Å². The molecule has 2 aliphatic rings. The summed E-state index contributed by atoms with van der Waals surface area (Å²) in [6.45, 7) is 2.45. The maximum absolute atomic E-state index is 14.5. The second-order valence-corrected chi connectivity index (χ2v) is 13.4. The predicted octanol–water partition coefficient (Wildman–Crippen LogP) is 4.88. The zero-order chi connectivity index (χ0) is 34.6. The third-order valence-corrected chi connectivity index (χ3v) is 10.0. The molecule has 1 aliphatic heterocycles. The lowest BCUT2D eigenvalue weighted by molar-refractivity contribution is -0.143. The van der Waals surface area contributed by atoms with Gasteiger partial charge >= 0.3 is 12.1 Å². The van der Waals surface area contributed by atoms with Crippen LogP contribution >= 0.6 is 11.3 Å². The molecule has 12 heteroatoms. The second kappa shape index (κ2) is 17.7. The van der Waals surface area contributed by atoms with Crippen LogP contribution in [0.1, 0.15) is 78.7 Å². The number of nitrogens with zero attached hydrogens (tertiary/aromatic N) is 2. The van der Waals surface area contributed by atoms with Gasteiger partial charge in [-0.15, -0.1) is 11.3 Å². The minimum atomic E-state index is -0.838. The number of nitrogens with one attached hydrogen (secondary N) is 2. The Morgan fingerprint density at radius 2 is 1.59 bits per heavy atom. The Hall–Kier alpha value is -4.55. The molecule has 3 aromatic rings. The number of hydrogen-bond acceptors (Lipinski definition) is 8. The molecule has 260 valence electrons. The molecule has 4 N–H and O–H groups in total. The Kier molecular flexibility index (Phi) is 12.9. The number of amides is 3. The van der Waals surface area contributed by atoms with E-state index in [1.807, 2.05) is 66.7 Å². The van der Waals surface area contributed by atoms with Gasteiger partial charge in [0.15, 0.2) is 0 Å². The number of benzene rings is 2. The van der Waals surface area contributed by atoms with E-state index in [0.717, 1.165) is 48.1 Å². The number of esters is 1. The number of nitrogens with two attached hydrogens (primary N) is 1. The lowest BCUT2D eigenvalue weighted by atomic mass is 9.84. The summed E-state index contributed by atoms with van der Waals surface area (Å²) in [4.78, 5) is 59.8. The monoisotopic (exact) mass is 687 g/mol. The minimum absolute atomic E-state index is 0.0729. The number of aliphatic imine (C=N–C) groups is 1. The Balaban J connectivity index is 1.27. The number of ether oxygens (including phenoxy) is 2. The van der Waals surface area contributed by atoms with E-state index in [2.05, 4.69) is 15.6 Å². The third-order valence-electron chi connectivity index (χ3n) is 8.91. The summed E-state index contributed by atoms with van der Waals surface area (Å²) in [5, 5.41) is 6.18. The summed E-state index contributed by atoms with van der Waals surface area (Å²) in [5.41, 5.74) is 7.92. The number of likely N-dealkylation sites (tertiary alicyclic amines) is 1. The number of carbonyl (C=O) groups is 4. The van der Waals surface area contributed by atoms with Gasteiger partial charge in [0, 0.05) is 17.3 Å². The van der Waals surface area contributed by atoms with Gasteiger partial charge in [-0.2, -0.15) is 4.99 Å². The van der Waals surface area contributed by atoms with Crippen LogP contribution in [-0.2, 0) is 30.4 Å². The molecule has 0 spiro atoms. The number of amidine groups is 1. The Morgan fingerprint density at radius 1 is 0.918 bits per heavy atom. The summed E-state index contributed by atoms with van der Waals surface area (Å²) in [7, 11) is 0. The van der Waals surface area contributed by atoms with Crippen molar-refractivity contribution in [1.29, 1.82) is 0 Å². The highest BCUT2D eigenvalue weighted by atomic mass is 32.1. The smallest absolute Gasteiger partial charge is 0.435 e. The molecule has 5 rings (SSSR count). The van der Waals surface area contributed by atoms with Crippen molar-refractivity contribution in [2.24, 2.45) is 10.7 Å². The first-order valence-electron chi connectivity index (χ1n) is 17.0. The molecule has 2 aromatic carbocycles. The van der Waals surface area contributed by atoms with Crippen molar-refractivity contribution in [1.82, 2.24) is 15.5 Å². The van der Waals surface area contributed by atoms with Crippen LogP contribution < -0.4 is 16.4 Å². The van der Waals surface area contributed by atoms with Crippen LogP contribution in [0.15, 0.2) is 77.8 Å². The fraction of sp³-hybridized carbons (Fsp3) is 0.432. The van der Waals surface area contributed by atoms with E-state index in [1.165, 1.54) is 11.3 Å². The van der Waals surface area contributed by atoms with E-state index in [9.17, 15) is 19.2 Å². The third kappa shape index (κ3) is 9.76. The minimum Gasteiger partial charge on any atom is -0.465 e. The van der Waals surface area contributed by atoms with Crippen LogP contribution in [0.2, 0.25) is 0 Å². The summed E-state index contributed by atoms with van der Waals surface area (Å²) in [6, 6.07) is 21.4. The molecular weight excluding hydrogens is 643 g/mol. The molecule has 1 aromatic heterocycles. The molecule has 0 radical (unpaired) electrons. The summed E-state index contributed by atoms with van der Waals surface area (Å²) < 4.78 is 10.6. The Morgan fingerprint density at radius 3 is 2.24 bits per heavy atom. The van der Waals surface area contributed by atoms with Gasteiger partial charge in [-0.1, -0.05) is 67.1 Å². The normalized spacial score (nSPS) is 17.5. The molecule has 2 fully saturated rings. The van der Waals surface area contributed by atoms with Gasteiger partial charge in [-0.3, -0.25) is 19.7 Å². The van der Waals surface area contributed by atoms with Gasteiger partial charge in [0.1, 0.15) is 18.0 Å². The highest BCUT2D eigenvalue weighted by Gasteiger charge is 2.41. The second-order valence-electron chi connectivity index (χ2n) is 12.3. The van der Waals surface area contributed by atoms with E-state index in [0.29, 0.717) is 24.3 Å². The maximum Gasteiger partial charge on any atom is 0.435 e. The van der Waals surface area contributed by atoms with E-state index in [-0.39, 0.29) is 43.5 Å². The van der Waals surface area contributed by atoms with Crippen LogP contribution in [0.3, 0.4) is 0 Å². The molecule has 11 nitrogen and oxygen atoms in total. The lowest BCUT2D eigenvalue weighted by Gasteiger charge is -2.33. The van der Waals surface area contributed by atoms with Gasteiger partial charge in [0.25, 0.3) is 0 Å². The van der Waals surface area contributed by atoms with Gasteiger partial charge in [0.2, 0.25) is 11.8 Å². The highest BCUT2D eigenvalue weighted by Crippen LogP contribution is 2.31. The largest absolute Gasteiger partial charge is 0.465 e. The van der Waals surface area contributed by atoms with Crippen molar-refractivity contribution in [3.8, 4) is 0 Å². The predicted molar refractivity (Wildman–Crippen MR) is 188 cm³/mol. The first-order chi connectivity index (χ1) is 23.8. The van der Waals surface area contributed by atoms with Crippen LogP contribution in [0, 0.1) is 0 Å². The fourth-order valence-corrected chi connectivity index (χ4v) is 7.39. The Bertz CT molecular complexity index is 1550. The topological polar surface area (TPSA) is 152 Å². The van der Waals surface area contributed by atoms with E-state index < -0.39 is 30.1 Å². The Labute approximate surface area is 291 Å². The molecule has 1 aliphatic carbocycles. The molecule has 2 atom stereocenters. The molecule has 2 heterocycles. The first kappa shape index (κ1) is 35.7. The van der Waals surface area contributed by atoms with E-state index in [1.54, 1.807) is 17.9 Å². The molecular formula is C37H45N5O6S. The van der Waals surface area contributed by atoms with Crippen LogP contribution in [0.4, 0.5) is 4.79 Å². The molecule has 1 saturated carbocycles. The van der Waals surface area contributed by atoms with Gasteiger partial charge in [-0.05, 0) is 68.7 Å². The zero-order valence-corrected chi connectivity index (χ0v) is 28.7. The maximum atomic E-state index is 14.5. The van der Waals surface area contributed by atoms with Crippen molar-refractivity contribution >= 4 is 41.0 Å². The van der Waals surface area contributed by atoms with Crippen molar-refractivity contribution in [2.45, 2.75) is 82.5 Å². The summed E-state index contributed by atoms with van der Waals surface area (Å²) >= 11 is 1.33. The summed E-state index contributed by atoms with van der Waals surface area (Å²) in [6.07, 6.45) is 5.32. The fourth-order valence-electron chi connectivity index (χ4n) is 6.54. The highest BCUT2D eigenvalue weighted by molar-refractivity contribution is 7.14. The van der Waals surface area contributed by atoms with Crippen molar-refractivity contribution < 1.29 is 28.7 Å². The molecule has 3 amide bonds.